The van der Waals surface area contributed by atoms with Crippen LogP contribution in [-0.2, 0) is 0 Å². The molecule has 1 nitrogen and oxygen atoms in total. The Bertz CT molecular complexity index is 399. The summed E-state index contributed by atoms with van der Waals surface area (Å²) < 4.78 is 1.11. The van der Waals surface area contributed by atoms with Crippen molar-refractivity contribution in [2.24, 2.45) is 0 Å². The molecule has 2 aromatic rings. The Kier molecular flexibility index (Phi) is 3.22. The van der Waals surface area contributed by atoms with E-state index in [1.54, 1.807) is 24.2 Å². The quantitative estimate of drug-likeness (QED) is 0.815. The van der Waals surface area contributed by atoms with Crippen molar-refractivity contribution in [3.8, 4) is 0 Å². The standard InChI is InChI=1S/C11H8BrNS/c12-9-1-3-10(4-2-9)14-11-5-7-13-8-6-11/h1-8H. The van der Waals surface area contributed by atoms with Gasteiger partial charge < -0.3 is 0 Å². The fourth-order valence-electron chi connectivity index (χ4n) is 1.04. The Labute approximate surface area is 95.7 Å². The highest BCUT2D eigenvalue weighted by atomic mass is 79.9. The van der Waals surface area contributed by atoms with Gasteiger partial charge >= 0.3 is 0 Å². The first-order valence-electron chi connectivity index (χ1n) is 4.18. The van der Waals surface area contributed by atoms with Gasteiger partial charge in [-0.25, -0.2) is 0 Å². The van der Waals surface area contributed by atoms with E-state index in [0.29, 0.717) is 0 Å². The van der Waals surface area contributed by atoms with Gasteiger partial charge in [0.2, 0.25) is 0 Å². The molecule has 70 valence electrons. The lowest BCUT2D eigenvalue weighted by Crippen LogP contribution is -1.74. The van der Waals surface area contributed by atoms with Gasteiger partial charge in [-0.1, -0.05) is 27.7 Å². The molecule has 1 aromatic heterocycles. The third-order valence-electron chi connectivity index (χ3n) is 1.70. The molecule has 0 fully saturated rings. The molecule has 0 aliphatic rings. The van der Waals surface area contributed by atoms with Crippen molar-refractivity contribution < 1.29 is 0 Å². The summed E-state index contributed by atoms with van der Waals surface area (Å²) in [6, 6.07) is 12.3. The van der Waals surface area contributed by atoms with Crippen LogP contribution >= 0.6 is 27.7 Å². The van der Waals surface area contributed by atoms with Crippen LogP contribution in [0.3, 0.4) is 0 Å². The van der Waals surface area contributed by atoms with Gasteiger partial charge in [0, 0.05) is 26.7 Å². The van der Waals surface area contributed by atoms with E-state index >= 15 is 0 Å². The van der Waals surface area contributed by atoms with Gasteiger partial charge in [0.05, 0.1) is 0 Å². The summed E-state index contributed by atoms with van der Waals surface area (Å²) in [6.45, 7) is 0. The molecule has 0 bridgehead atoms. The fourth-order valence-corrected chi connectivity index (χ4v) is 2.11. The lowest BCUT2D eigenvalue weighted by Gasteiger charge is -2.00. The Morgan fingerprint density at radius 1 is 0.857 bits per heavy atom. The molecule has 3 heteroatoms. The maximum atomic E-state index is 3.98. The van der Waals surface area contributed by atoms with Crippen molar-refractivity contribution in [1.82, 2.24) is 4.98 Å². The number of benzene rings is 1. The van der Waals surface area contributed by atoms with Gasteiger partial charge in [-0.15, -0.1) is 0 Å². The van der Waals surface area contributed by atoms with Crippen LogP contribution < -0.4 is 0 Å². The molecule has 0 unspecified atom stereocenters. The minimum Gasteiger partial charge on any atom is -0.265 e. The number of hydrogen-bond donors (Lipinski definition) is 0. The van der Waals surface area contributed by atoms with Crippen molar-refractivity contribution in [1.29, 1.82) is 0 Å². The van der Waals surface area contributed by atoms with Crippen LogP contribution in [0.5, 0.6) is 0 Å². The van der Waals surface area contributed by atoms with Crippen LogP contribution in [0.4, 0.5) is 0 Å². The highest BCUT2D eigenvalue weighted by Crippen LogP contribution is 2.27. The largest absolute Gasteiger partial charge is 0.265 e. The van der Waals surface area contributed by atoms with Gasteiger partial charge in [0.25, 0.3) is 0 Å². The number of pyridine rings is 1. The topological polar surface area (TPSA) is 12.9 Å². The van der Waals surface area contributed by atoms with Crippen molar-refractivity contribution in [3.63, 3.8) is 0 Å². The van der Waals surface area contributed by atoms with Gasteiger partial charge in [-0.05, 0) is 36.4 Å². The van der Waals surface area contributed by atoms with Crippen LogP contribution in [0.2, 0.25) is 0 Å². The monoisotopic (exact) mass is 265 g/mol. The third-order valence-corrected chi connectivity index (χ3v) is 3.24. The van der Waals surface area contributed by atoms with Crippen LogP contribution in [0, 0.1) is 0 Å². The zero-order chi connectivity index (χ0) is 9.80. The molecular formula is C11H8BrNS. The summed E-state index contributed by atoms with van der Waals surface area (Å²) in [5.41, 5.74) is 0. The first-order chi connectivity index (χ1) is 6.84. The minimum absolute atomic E-state index is 1.11. The molecule has 0 saturated carbocycles. The lowest BCUT2D eigenvalue weighted by molar-refractivity contribution is 1.26. The van der Waals surface area contributed by atoms with E-state index in [-0.39, 0.29) is 0 Å². The van der Waals surface area contributed by atoms with E-state index in [1.807, 2.05) is 24.3 Å². The van der Waals surface area contributed by atoms with Gasteiger partial charge in [0.15, 0.2) is 0 Å². The Hall–Kier alpha value is -0.800. The molecule has 0 spiro atoms. The molecule has 1 aromatic carbocycles. The minimum atomic E-state index is 1.11. The molecule has 2 rings (SSSR count). The van der Waals surface area contributed by atoms with Crippen LogP contribution in [0.25, 0.3) is 0 Å². The predicted octanol–water partition coefficient (Wildman–Crippen LogP) is 4.00. The molecule has 0 amide bonds. The summed E-state index contributed by atoms with van der Waals surface area (Å²) in [4.78, 5) is 6.43. The predicted molar refractivity (Wildman–Crippen MR) is 62.5 cm³/mol. The second kappa shape index (κ2) is 4.62. The van der Waals surface area contributed by atoms with Crippen LogP contribution in [0.15, 0.2) is 63.1 Å². The van der Waals surface area contributed by atoms with Crippen molar-refractivity contribution in [3.05, 3.63) is 53.3 Å². The van der Waals surface area contributed by atoms with Crippen molar-refractivity contribution in [2.75, 3.05) is 0 Å². The third kappa shape index (κ3) is 2.59. The molecule has 0 saturated heterocycles. The highest BCUT2D eigenvalue weighted by Gasteiger charge is 1.95. The highest BCUT2D eigenvalue weighted by molar-refractivity contribution is 9.10. The molecule has 0 aliphatic heterocycles. The van der Waals surface area contributed by atoms with E-state index in [0.717, 1.165) is 4.47 Å². The fraction of sp³-hybridized carbons (Fsp3) is 0. The van der Waals surface area contributed by atoms with Gasteiger partial charge in [0.1, 0.15) is 0 Å². The summed E-state index contributed by atoms with van der Waals surface area (Å²) in [5, 5.41) is 0. The number of rotatable bonds is 2. The van der Waals surface area contributed by atoms with E-state index in [1.165, 1.54) is 9.79 Å². The second-order valence-electron chi connectivity index (χ2n) is 2.74. The number of hydrogen-bond acceptors (Lipinski definition) is 2. The summed E-state index contributed by atoms with van der Waals surface area (Å²) >= 11 is 5.15. The molecule has 0 radical (unpaired) electrons. The second-order valence-corrected chi connectivity index (χ2v) is 4.80. The smallest absolute Gasteiger partial charge is 0.0279 e. The first kappa shape index (κ1) is 9.74. The lowest BCUT2D eigenvalue weighted by atomic mass is 10.4. The Morgan fingerprint density at radius 2 is 1.43 bits per heavy atom. The zero-order valence-electron chi connectivity index (χ0n) is 7.35. The maximum Gasteiger partial charge on any atom is 0.0279 e. The number of nitrogens with zero attached hydrogens (tertiary/aromatic N) is 1. The molecule has 1 heterocycles. The molecule has 0 N–H and O–H groups in total. The van der Waals surface area contributed by atoms with E-state index in [9.17, 15) is 0 Å². The number of aromatic nitrogens is 1. The van der Waals surface area contributed by atoms with Gasteiger partial charge in [-0.3, -0.25) is 4.98 Å². The van der Waals surface area contributed by atoms with E-state index in [2.05, 4.69) is 33.0 Å². The maximum absolute atomic E-state index is 3.98. The summed E-state index contributed by atoms with van der Waals surface area (Å²) in [7, 11) is 0. The van der Waals surface area contributed by atoms with E-state index in [4.69, 9.17) is 0 Å². The normalized spacial score (nSPS) is 10.1. The number of halogens is 1. The Balaban J connectivity index is 2.16. The van der Waals surface area contributed by atoms with E-state index < -0.39 is 0 Å². The zero-order valence-corrected chi connectivity index (χ0v) is 9.75. The summed E-state index contributed by atoms with van der Waals surface area (Å²) in [6.07, 6.45) is 3.61. The van der Waals surface area contributed by atoms with Crippen molar-refractivity contribution in [2.45, 2.75) is 9.79 Å². The van der Waals surface area contributed by atoms with Gasteiger partial charge in [-0.2, -0.15) is 0 Å². The molecule has 14 heavy (non-hydrogen) atoms. The van der Waals surface area contributed by atoms with Crippen LogP contribution in [0.1, 0.15) is 0 Å². The van der Waals surface area contributed by atoms with Crippen LogP contribution in [-0.4, -0.2) is 4.98 Å². The molecular weight excluding hydrogens is 258 g/mol. The average molecular weight is 266 g/mol. The first-order valence-corrected chi connectivity index (χ1v) is 5.79. The molecule has 0 aliphatic carbocycles. The average Bonchev–Trinajstić information content (AvgIpc) is 2.23. The Morgan fingerprint density at radius 3 is 2.07 bits per heavy atom. The SMILES string of the molecule is Brc1ccc(Sc2ccncc2)cc1. The van der Waals surface area contributed by atoms with Crippen molar-refractivity contribution >= 4 is 27.7 Å². The molecule has 0 atom stereocenters. The summed E-state index contributed by atoms with van der Waals surface area (Å²) in [5.74, 6) is 0.